The van der Waals surface area contributed by atoms with Gasteiger partial charge >= 0.3 is 0 Å². The Labute approximate surface area is 118 Å². The van der Waals surface area contributed by atoms with Gasteiger partial charge in [0.25, 0.3) is 5.69 Å². The summed E-state index contributed by atoms with van der Waals surface area (Å²) in [5.74, 6) is -0.304. The minimum absolute atomic E-state index is 0.0549. The number of hydrogen-bond acceptors (Lipinski definition) is 5. The van der Waals surface area contributed by atoms with E-state index in [4.69, 9.17) is 11.6 Å². The molecule has 7 nitrogen and oxygen atoms in total. The Balaban J connectivity index is 2.42. The van der Waals surface area contributed by atoms with Crippen LogP contribution in [0.4, 0.5) is 5.69 Å². The molecule has 0 radical (unpaired) electrons. The predicted molar refractivity (Wildman–Crippen MR) is 74.8 cm³/mol. The molecule has 1 amide bonds. The smallest absolute Gasteiger partial charge is 0.271 e. The number of nitro benzene ring substituents is 1. The summed E-state index contributed by atoms with van der Waals surface area (Å²) in [6, 6.07) is 5.98. The van der Waals surface area contributed by atoms with Crippen LogP contribution >= 0.6 is 11.6 Å². The first-order valence-electron chi connectivity index (χ1n) is 5.51. The summed E-state index contributed by atoms with van der Waals surface area (Å²) in [4.78, 5) is 25.0. The number of fused-ring (bicyclic) bond motifs is 1. The molecular weight excluding hydrogens is 284 g/mol. The predicted octanol–water partition coefficient (Wildman–Crippen LogP) is 2.27. The lowest BCUT2D eigenvalue weighted by molar-refractivity contribution is -0.384. The number of hydrazone groups is 1. The quantitative estimate of drug-likeness (QED) is 0.406. The van der Waals surface area contributed by atoms with Crippen LogP contribution in [0.2, 0.25) is 5.15 Å². The number of carbonyl (C=O) groups is 1. The van der Waals surface area contributed by atoms with E-state index in [0.29, 0.717) is 16.5 Å². The number of benzene rings is 1. The number of nitrogens with zero attached hydrogens (tertiary/aromatic N) is 3. The van der Waals surface area contributed by atoms with Crippen LogP contribution in [-0.4, -0.2) is 22.0 Å². The molecule has 0 bridgehead atoms. The minimum atomic E-state index is -0.499. The lowest BCUT2D eigenvalue weighted by atomic mass is 10.1. The largest absolute Gasteiger partial charge is 0.274 e. The number of amides is 1. The average Bonchev–Trinajstić information content (AvgIpc) is 2.38. The fraction of sp³-hybridized carbons (Fsp3) is 0.0833. The number of nitrogens with one attached hydrogen (secondary N) is 1. The lowest BCUT2D eigenvalue weighted by Gasteiger charge is -2.02. The summed E-state index contributed by atoms with van der Waals surface area (Å²) in [7, 11) is 0. The summed E-state index contributed by atoms with van der Waals surface area (Å²) in [5, 5.41) is 15.2. The van der Waals surface area contributed by atoms with E-state index in [0.717, 1.165) is 0 Å². The maximum atomic E-state index is 10.7. The molecule has 0 saturated heterocycles. The van der Waals surface area contributed by atoms with Gasteiger partial charge in [0.1, 0.15) is 5.15 Å². The van der Waals surface area contributed by atoms with Crippen LogP contribution in [0.15, 0.2) is 29.4 Å². The second-order valence-electron chi connectivity index (χ2n) is 3.93. The Morgan fingerprint density at radius 3 is 2.90 bits per heavy atom. The molecule has 1 aromatic carbocycles. The molecular formula is C12H9ClN4O3. The fourth-order valence-electron chi connectivity index (χ4n) is 1.55. The van der Waals surface area contributed by atoms with Gasteiger partial charge in [0, 0.05) is 30.0 Å². The van der Waals surface area contributed by atoms with Crippen molar-refractivity contribution in [3.05, 3.63) is 45.1 Å². The van der Waals surface area contributed by atoms with E-state index in [1.807, 2.05) is 0 Å². The number of hydrogen-bond donors (Lipinski definition) is 1. The molecule has 1 aromatic heterocycles. The zero-order chi connectivity index (χ0) is 14.7. The molecule has 1 N–H and O–H groups in total. The minimum Gasteiger partial charge on any atom is -0.274 e. The highest BCUT2D eigenvalue weighted by Gasteiger charge is 2.09. The Kier molecular flexibility index (Phi) is 3.90. The van der Waals surface area contributed by atoms with Gasteiger partial charge in [-0.05, 0) is 12.1 Å². The first kappa shape index (κ1) is 13.9. The molecule has 2 rings (SSSR count). The molecule has 1 heterocycles. The molecule has 8 heteroatoms. The molecule has 102 valence electrons. The molecule has 2 aromatic rings. The van der Waals surface area contributed by atoms with Gasteiger partial charge in [-0.25, -0.2) is 10.4 Å². The number of pyridine rings is 1. The van der Waals surface area contributed by atoms with E-state index >= 15 is 0 Å². The summed E-state index contributed by atoms with van der Waals surface area (Å²) in [6.07, 6.45) is 1.36. The van der Waals surface area contributed by atoms with E-state index in [1.165, 1.54) is 25.3 Å². The highest BCUT2D eigenvalue weighted by Crippen LogP contribution is 2.23. The van der Waals surface area contributed by atoms with Crippen molar-refractivity contribution in [1.82, 2.24) is 10.4 Å². The summed E-state index contributed by atoms with van der Waals surface area (Å²) < 4.78 is 0. The fourth-order valence-corrected chi connectivity index (χ4v) is 1.74. The topological polar surface area (TPSA) is 97.5 Å². The molecule has 0 saturated carbocycles. The molecule has 0 fully saturated rings. The van der Waals surface area contributed by atoms with Crippen LogP contribution in [0.25, 0.3) is 10.9 Å². The third kappa shape index (κ3) is 3.07. The van der Waals surface area contributed by atoms with Crippen LogP contribution in [0.3, 0.4) is 0 Å². The summed E-state index contributed by atoms with van der Waals surface area (Å²) in [5.41, 5.74) is 3.11. The lowest BCUT2D eigenvalue weighted by Crippen LogP contribution is -2.12. The Hall–Kier alpha value is -2.54. The Morgan fingerprint density at radius 1 is 1.50 bits per heavy atom. The number of rotatable bonds is 3. The number of nitro groups is 1. The van der Waals surface area contributed by atoms with Crippen LogP contribution in [-0.2, 0) is 4.79 Å². The first-order chi connectivity index (χ1) is 9.47. The number of non-ortho nitro benzene ring substituents is 1. The molecule has 0 unspecified atom stereocenters. The van der Waals surface area contributed by atoms with Gasteiger partial charge in [-0.1, -0.05) is 11.6 Å². The number of halogens is 1. The number of carbonyl (C=O) groups excluding carboxylic acids is 1. The second kappa shape index (κ2) is 5.62. The molecule has 0 aliphatic carbocycles. The molecule has 0 aliphatic rings. The summed E-state index contributed by atoms with van der Waals surface area (Å²) >= 11 is 5.97. The van der Waals surface area contributed by atoms with Crippen molar-refractivity contribution in [3.63, 3.8) is 0 Å². The summed E-state index contributed by atoms with van der Waals surface area (Å²) in [6.45, 7) is 1.33. The van der Waals surface area contributed by atoms with Gasteiger partial charge in [-0.3, -0.25) is 14.9 Å². The van der Waals surface area contributed by atoms with E-state index in [1.54, 1.807) is 12.1 Å². The highest BCUT2D eigenvalue weighted by atomic mass is 35.5. The third-order valence-corrected chi connectivity index (χ3v) is 2.72. The normalized spacial score (nSPS) is 10.9. The monoisotopic (exact) mass is 292 g/mol. The number of aromatic nitrogens is 1. The maximum absolute atomic E-state index is 10.7. The van der Waals surface area contributed by atoms with Crippen LogP contribution < -0.4 is 5.43 Å². The molecule has 0 atom stereocenters. The first-order valence-corrected chi connectivity index (χ1v) is 5.89. The Bertz CT molecular complexity index is 730. The van der Waals surface area contributed by atoms with Crippen LogP contribution in [0.1, 0.15) is 12.5 Å². The molecule has 0 spiro atoms. The van der Waals surface area contributed by atoms with Crippen molar-refractivity contribution in [2.75, 3.05) is 0 Å². The van der Waals surface area contributed by atoms with Crippen molar-refractivity contribution in [2.45, 2.75) is 6.92 Å². The van der Waals surface area contributed by atoms with Crippen molar-refractivity contribution in [3.8, 4) is 0 Å². The maximum Gasteiger partial charge on any atom is 0.271 e. The van der Waals surface area contributed by atoms with E-state index in [9.17, 15) is 14.9 Å². The van der Waals surface area contributed by atoms with Gasteiger partial charge in [-0.2, -0.15) is 5.10 Å². The van der Waals surface area contributed by atoms with E-state index in [-0.39, 0.29) is 16.7 Å². The van der Waals surface area contributed by atoms with Crippen molar-refractivity contribution < 1.29 is 9.72 Å². The van der Waals surface area contributed by atoms with Crippen LogP contribution in [0, 0.1) is 10.1 Å². The van der Waals surface area contributed by atoms with Crippen molar-refractivity contribution >= 4 is 40.3 Å². The molecule has 20 heavy (non-hydrogen) atoms. The van der Waals surface area contributed by atoms with Crippen molar-refractivity contribution in [1.29, 1.82) is 0 Å². The third-order valence-electron chi connectivity index (χ3n) is 2.42. The van der Waals surface area contributed by atoms with Gasteiger partial charge in [-0.15, -0.1) is 0 Å². The van der Waals surface area contributed by atoms with E-state index in [2.05, 4.69) is 15.5 Å². The van der Waals surface area contributed by atoms with Gasteiger partial charge < -0.3 is 0 Å². The highest BCUT2D eigenvalue weighted by molar-refractivity contribution is 6.32. The average molecular weight is 293 g/mol. The van der Waals surface area contributed by atoms with Crippen molar-refractivity contribution in [2.24, 2.45) is 5.10 Å². The zero-order valence-electron chi connectivity index (χ0n) is 10.3. The van der Waals surface area contributed by atoms with E-state index < -0.39 is 4.92 Å². The van der Waals surface area contributed by atoms with Gasteiger partial charge in [0.15, 0.2) is 0 Å². The molecule has 0 aliphatic heterocycles. The van der Waals surface area contributed by atoms with Gasteiger partial charge in [0.05, 0.1) is 16.7 Å². The SMILES string of the molecule is CC(=O)N/N=C\c1cc2ccc([N+](=O)[O-])cc2nc1Cl. The van der Waals surface area contributed by atoms with Gasteiger partial charge in [0.2, 0.25) is 5.91 Å². The van der Waals surface area contributed by atoms with Crippen LogP contribution in [0.5, 0.6) is 0 Å². The second-order valence-corrected chi connectivity index (χ2v) is 4.29. The standard InChI is InChI=1S/C12H9ClN4O3/c1-7(18)16-14-6-9-4-8-2-3-10(17(19)20)5-11(8)15-12(9)13/h2-6H,1H3,(H,16,18)/b14-6-. The zero-order valence-corrected chi connectivity index (χ0v) is 11.1. The Morgan fingerprint density at radius 2 is 2.25 bits per heavy atom.